The SMILES string of the molecule is CC(C)(C)c1ccc(-c2nn3c(-c4ccc(C(C)(C)C)cc4)nnc3s2)cc1. The Balaban J connectivity index is 1.69. The van der Waals surface area contributed by atoms with E-state index in [1.807, 2.05) is 4.52 Å². The Morgan fingerprint density at radius 2 is 1.18 bits per heavy atom. The third kappa shape index (κ3) is 3.47. The van der Waals surface area contributed by atoms with Gasteiger partial charge in [0, 0.05) is 11.1 Å². The lowest BCUT2D eigenvalue weighted by Crippen LogP contribution is -2.10. The first-order valence-corrected chi connectivity index (χ1v) is 10.4. The highest BCUT2D eigenvalue weighted by Gasteiger charge is 2.18. The van der Waals surface area contributed by atoms with Gasteiger partial charge in [-0.1, -0.05) is 101 Å². The van der Waals surface area contributed by atoms with Crippen LogP contribution in [-0.2, 0) is 10.8 Å². The Morgan fingerprint density at radius 1 is 0.679 bits per heavy atom. The maximum Gasteiger partial charge on any atom is 0.235 e. The van der Waals surface area contributed by atoms with Crippen LogP contribution in [0.25, 0.3) is 26.9 Å². The summed E-state index contributed by atoms with van der Waals surface area (Å²) >= 11 is 1.56. The minimum absolute atomic E-state index is 0.131. The molecule has 144 valence electrons. The molecule has 28 heavy (non-hydrogen) atoms. The Kier molecular flexibility index (Phi) is 4.38. The summed E-state index contributed by atoms with van der Waals surface area (Å²) < 4.78 is 1.85. The molecule has 2 heterocycles. The van der Waals surface area contributed by atoms with Gasteiger partial charge >= 0.3 is 0 Å². The monoisotopic (exact) mass is 390 g/mol. The number of aromatic nitrogens is 4. The molecule has 0 aliphatic carbocycles. The molecule has 0 radical (unpaired) electrons. The van der Waals surface area contributed by atoms with E-state index in [2.05, 4.69) is 100 Å². The van der Waals surface area contributed by atoms with Crippen molar-refractivity contribution in [1.29, 1.82) is 0 Å². The van der Waals surface area contributed by atoms with Gasteiger partial charge in [-0.15, -0.1) is 10.2 Å². The predicted molar refractivity (Wildman–Crippen MR) is 117 cm³/mol. The average Bonchev–Trinajstić information content (AvgIpc) is 3.21. The molecule has 4 nitrogen and oxygen atoms in total. The molecule has 0 aliphatic rings. The third-order valence-corrected chi connectivity index (χ3v) is 5.95. The molecule has 0 unspecified atom stereocenters. The standard InChI is InChI=1S/C23H26N4S/c1-22(2,3)17-11-7-15(8-12-17)19-24-25-21-27(19)26-20(28-21)16-9-13-18(14-10-16)23(4,5)6/h7-14H,1-6H3. The van der Waals surface area contributed by atoms with Crippen molar-refractivity contribution in [2.45, 2.75) is 52.4 Å². The predicted octanol–water partition coefficient (Wildman–Crippen LogP) is 6.11. The second-order valence-corrected chi connectivity index (χ2v) is 10.2. The van der Waals surface area contributed by atoms with Crippen molar-refractivity contribution < 1.29 is 0 Å². The lowest BCUT2D eigenvalue weighted by atomic mass is 9.87. The maximum absolute atomic E-state index is 4.79. The fraction of sp³-hybridized carbons (Fsp3) is 0.348. The lowest BCUT2D eigenvalue weighted by molar-refractivity contribution is 0.590. The van der Waals surface area contributed by atoms with E-state index in [1.165, 1.54) is 11.1 Å². The highest BCUT2D eigenvalue weighted by molar-refractivity contribution is 7.19. The second kappa shape index (κ2) is 6.52. The molecule has 0 spiro atoms. The number of hydrogen-bond acceptors (Lipinski definition) is 4. The molecule has 2 aromatic heterocycles. The molecule has 0 saturated heterocycles. The summed E-state index contributed by atoms with van der Waals surface area (Å²) in [5, 5.41) is 14.4. The molecular formula is C23H26N4S. The fourth-order valence-corrected chi connectivity index (χ4v) is 3.99. The zero-order valence-electron chi connectivity index (χ0n) is 17.3. The quantitative estimate of drug-likeness (QED) is 0.414. The van der Waals surface area contributed by atoms with E-state index in [4.69, 9.17) is 5.10 Å². The van der Waals surface area contributed by atoms with E-state index in [0.29, 0.717) is 0 Å². The summed E-state index contributed by atoms with van der Waals surface area (Å²) in [6.07, 6.45) is 0. The summed E-state index contributed by atoms with van der Waals surface area (Å²) in [6.45, 7) is 13.3. The van der Waals surface area contributed by atoms with Crippen LogP contribution >= 0.6 is 11.3 Å². The molecule has 0 fully saturated rings. The first-order chi connectivity index (χ1) is 13.1. The summed E-state index contributed by atoms with van der Waals surface area (Å²) in [7, 11) is 0. The molecule has 4 rings (SSSR count). The normalized spacial score (nSPS) is 12.6. The van der Waals surface area contributed by atoms with E-state index in [0.717, 1.165) is 26.9 Å². The van der Waals surface area contributed by atoms with Crippen LogP contribution < -0.4 is 0 Å². The van der Waals surface area contributed by atoms with E-state index < -0.39 is 0 Å². The first-order valence-electron chi connectivity index (χ1n) is 9.57. The lowest BCUT2D eigenvalue weighted by Gasteiger charge is -2.18. The Labute approximate surface area is 170 Å². The van der Waals surface area contributed by atoms with Crippen LogP contribution in [0, 0.1) is 0 Å². The molecule has 0 saturated carbocycles. The van der Waals surface area contributed by atoms with Gasteiger partial charge in [-0.05, 0) is 22.0 Å². The minimum atomic E-state index is 0.131. The molecule has 0 bridgehead atoms. The van der Waals surface area contributed by atoms with Gasteiger partial charge in [-0.25, -0.2) is 0 Å². The third-order valence-electron chi connectivity index (χ3n) is 5.00. The van der Waals surface area contributed by atoms with Gasteiger partial charge in [0.25, 0.3) is 0 Å². The van der Waals surface area contributed by atoms with E-state index in [-0.39, 0.29) is 10.8 Å². The molecule has 0 atom stereocenters. The van der Waals surface area contributed by atoms with Gasteiger partial charge in [0.05, 0.1) is 0 Å². The summed E-state index contributed by atoms with van der Waals surface area (Å²) in [6, 6.07) is 17.2. The van der Waals surface area contributed by atoms with Gasteiger partial charge in [0.15, 0.2) is 5.82 Å². The van der Waals surface area contributed by atoms with E-state index in [1.54, 1.807) is 11.3 Å². The second-order valence-electron chi connectivity index (χ2n) is 9.28. The van der Waals surface area contributed by atoms with Gasteiger partial charge in [-0.2, -0.15) is 9.61 Å². The number of fused-ring (bicyclic) bond motifs is 1. The van der Waals surface area contributed by atoms with Crippen LogP contribution in [-0.4, -0.2) is 19.8 Å². The maximum atomic E-state index is 4.79. The molecule has 0 aliphatic heterocycles. The first kappa shape index (κ1) is 18.8. The Bertz CT molecular complexity index is 1100. The Morgan fingerprint density at radius 3 is 1.68 bits per heavy atom. The van der Waals surface area contributed by atoms with Crippen molar-refractivity contribution in [3.63, 3.8) is 0 Å². The van der Waals surface area contributed by atoms with Gasteiger partial charge < -0.3 is 0 Å². The van der Waals surface area contributed by atoms with Gasteiger partial charge in [0.1, 0.15) is 5.01 Å². The van der Waals surface area contributed by atoms with Crippen molar-refractivity contribution in [2.24, 2.45) is 0 Å². The molecule has 4 aromatic rings. The van der Waals surface area contributed by atoms with Crippen LogP contribution in [0.5, 0.6) is 0 Å². The molecule has 0 N–H and O–H groups in total. The van der Waals surface area contributed by atoms with Crippen LogP contribution in [0.1, 0.15) is 52.7 Å². The highest BCUT2D eigenvalue weighted by atomic mass is 32.1. The van der Waals surface area contributed by atoms with Crippen molar-refractivity contribution in [3.8, 4) is 22.0 Å². The smallest absolute Gasteiger partial charge is 0.182 e. The summed E-state index contributed by atoms with van der Waals surface area (Å²) in [5.74, 6) is 0.782. The number of rotatable bonds is 2. The van der Waals surface area contributed by atoms with Crippen LogP contribution in [0.15, 0.2) is 48.5 Å². The van der Waals surface area contributed by atoms with Crippen molar-refractivity contribution in [1.82, 2.24) is 19.8 Å². The molecule has 5 heteroatoms. The minimum Gasteiger partial charge on any atom is -0.182 e. The van der Waals surface area contributed by atoms with Crippen LogP contribution in [0.3, 0.4) is 0 Å². The number of hydrogen-bond donors (Lipinski definition) is 0. The molecular weight excluding hydrogens is 364 g/mol. The fourth-order valence-electron chi connectivity index (χ4n) is 3.15. The average molecular weight is 391 g/mol. The Hall–Kier alpha value is -2.53. The zero-order chi connectivity index (χ0) is 20.1. The number of nitrogens with zero attached hydrogens (tertiary/aromatic N) is 4. The van der Waals surface area contributed by atoms with E-state index >= 15 is 0 Å². The summed E-state index contributed by atoms with van der Waals surface area (Å²) in [4.78, 5) is 0.810. The van der Waals surface area contributed by atoms with Crippen LogP contribution in [0.2, 0.25) is 0 Å². The van der Waals surface area contributed by atoms with Crippen LogP contribution in [0.4, 0.5) is 0 Å². The highest BCUT2D eigenvalue weighted by Crippen LogP contribution is 2.31. The molecule has 0 amide bonds. The van der Waals surface area contributed by atoms with Crippen molar-refractivity contribution in [3.05, 3.63) is 59.7 Å². The van der Waals surface area contributed by atoms with Crippen molar-refractivity contribution in [2.75, 3.05) is 0 Å². The van der Waals surface area contributed by atoms with Gasteiger partial charge in [0.2, 0.25) is 4.96 Å². The zero-order valence-corrected chi connectivity index (χ0v) is 18.1. The topological polar surface area (TPSA) is 43.1 Å². The largest absolute Gasteiger partial charge is 0.235 e. The van der Waals surface area contributed by atoms with Gasteiger partial charge in [-0.3, -0.25) is 0 Å². The molecule has 2 aromatic carbocycles. The summed E-state index contributed by atoms with van der Waals surface area (Å²) in [5.41, 5.74) is 5.03. The van der Waals surface area contributed by atoms with Crippen molar-refractivity contribution >= 4 is 16.3 Å². The number of benzene rings is 2. The van der Waals surface area contributed by atoms with E-state index in [9.17, 15) is 0 Å².